The van der Waals surface area contributed by atoms with E-state index in [0.29, 0.717) is 19.0 Å². The Kier molecular flexibility index (Phi) is 5.49. The fourth-order valence-corrected chi connectivity index (χ4v) is 3.89. The fourth-order valence-electron chi connectivity index (χ4n) is 3.89. The zero-order valence-corrected chi connectivity index (χ0v) is 16.7. The van der Waals surface area contributed by atoms with Crippen LogP contribution in [0.4, 0.5) is 0 Å². The van der Waals surface area contributed by atoms with Crippen LogP contribution >= 0.6 is 0 Å². The minimum atomic E-state index is -0.0935. The molecular weight excluding hydrogens is 338 g/mol. The Morgan fingerprint density at radius 1 is 1.15 bits per heavy atom. The van der Waals surface area contributed by atoms with E-state index < -0.39 is 0 Å². The maximum absolute atomic E-state index is 13.1. The summed E-state index contributed by atoms with van der Waals surface area (Å²) in [5, 5.41) is 6.59. The molecule has 5 heteroatoms. The SMILES string of the molecule is CC(=O)NCCNC(=O)c1c2c(nc3ccccc13)CCC(C(C)(C)C)C2. The molecule has 0 aliphatic heterocycles. The van der Waals surface area contributed by atoms with E-state index in [9.17, 15) is 9.59 Å². The first-order valence-electron chi connectivity index (χ1n) is 9.70. The lowest BCUT2D eigenvalue weighted by Crippen LogP contribution is -2.35. The Morgan fingerprint density at radius 2 is 1.85 bits per heavy atom. The second-order valence-electron chi connectivity index (χ2n) is 8.47. The highest BCUT2D eigenvalue weighted by molar-refractivity contribution is 6.07. The van der Waals surface area contributed by atoms with E-state index in [2.05, 4.69) is 31.4 Å². The molecule has 0 saturated heterocycles. The number of pyridine rings is 1. The van der Waals surface area contributed by atoms with Crippen molar-refractivity contribution >= 4 is 22.7 Å². The monoisotopic (exact) mass is 367 g/mol. The molecule has 3 rings (SSSR count). The van der Waals surface area contributed by atoms with Crippen LogP contribution in [0.5, 0.6) is 0 Å². The summed E-state index contributed by atoms with van der Waals surface area (Å²) < 4.78 is 0. The van der Waals surface area contributed by atoms with Crippen LogP contribution < -0.4 is 10.6 Å². The molecule has 27 heavy (non-hydrogen) atoms. The number of aromatic nitrogens is 1. The summed E-state index contributed by atoms with van der Waals surface area (Å²) in [4.78, 5) is 29.0. The van der Waals surface area contributed by atoms with Crippen molar-refractivity contribution in [1.29, 1.82) is 0 Å². The molecule has 1 aliphatic rings. The van der Waals surface area contributed by atoms with Gasteiger partial charge in [-0.05, 0) is 42.2 Å². The third-order valence-corrected chi connectivity index (χ3v) is 5.50. The van der Waals surface area contributed by atoms with Crippen molar-refractivity contribution in [2.75, 3.05) is 13.1 Å². The number of fused-ring (bicyclic) bond motifs is 2. The third kappa shape index (κ3) is 4.29. The van der Waals surface area contributed by atoms with Gasteiger partial charge in [0.2, 0.25) is 5.91 Å². The number of para-hydroxylation sites is 1. The molecule has 1 aromatic heterocycles. The lowest BCUT2D eigenvalue weighted by molar-refractivity contribution is -0.118. The summed E-state index contributed by atoms with van der Waals surface area (Å²) >= 11 is 0. The van der Waals surface area contributed by atoms with Gasteiger partial charge in [-0.25, -0.2) is 0 Å². The molecule has 0 spiro atoms. The zero-order valence-electron chi connectivity index (χ0n) is 16.7. The molecule has 1 unspecified atom stereocenters. The second-order valence-corrected chi connectivity index (χ2v) is 8.47. The standard InChI is InChI=1S/C22H29N3O2/c1-14(26)23-11-12-24-21(27)20-16-7-5-6-8-18(16)25-19-10-9-15(13-17(19)20)22(2,3)4/h5-8,15H,9-13H2,1-4H3,(H,23,26)(H,24,27). The minimum Gasteiger partial charge on any atom is -0.355 e. The van der Waals surface area contributed by atoms with Gasteiger partial charge >= 0.3 is 0 Å². The Balaban J connectivity index is 1.96. The molecular formula is C22H29N3O2. The first-order chi connectivity index (χ1) is 12.8. The highest BCUT2D eigenvalue weighted by atomic mass is 16.2. The van der Waals surface area contributed by atoms with Crippen LogP contribution in [-0.4, -0.2) is 29.9 Å². The van der Waals surface area contributed by atoms with Gasteiger partial charge in [0.1, 0.15) is 0 Å². The summed E-state index contributed by atoms with van der Waals surface area (Å²) in [5.41, 5.74) is 3.98. The smallest absolute Gasteiger partial charge is 0.252 e. The van der Waals surface area contributed by atoms with E-state index >= 15 is 0 Å². The molecule has 2 amide bonds. The van der Waals surface area contributed by atoms with E-state index in [1.807, 2.05) is 24.3 Å². The number of hydrogen-bond acceptors (Lipinski definition) is 3. The van der Waals surface area contributed by atoms with Crippen LogP contribution in [-0.2, 0) is 17.6 Å². The Labute approximate surface area is 160 Å². The summed E-state index contributed by atoms with van der Waals surface area (Å²) in [7, 11) is 0. The van der Waals surface area contributed by atoms with E-state index in [1.54, 1.807) is 0 Å². The van der Waals surface area contributed by atoms with Crippen molar-refractivity contribution < 1.29 is 9.59 Å². The topological polar surface area (TPSA) is 71.1 Å². The number of carbonyl (C=O) groups is 2. The number of rotatable bonds is 4. The Morgan fingerprint density at radius 3 is 2.56 bits per heavy atom. The quantitative estimate of drug-likeness (QED) is 0.815. The molecule has 0 saturated carbocycles. The highest BCUT2D eigenvalue weighted by Gasteiger charge is 2.32. The number of nitrogens with one attached hydrogen (secondary N) is 2. The van der Waals surface area contributed by atoms with E-state index in [4.69, 9.17) is 4.98 Å². The third-order valence-electron chi connectivity index (χ3n) is 5.50. The summed E-state index contributed by atoms with van der Waals surface area (Å²) in [6, 6.07) is 7.86. The average Bonchev–Trinajstić information content (AvgIpc) is 2.61. The summed E-state index contributed by atoms with van der Waals surface area (Å²) in [6.45, 7) is 9.11. The minimum absolute atomic E-state index is 0.0789. The first-order valence-corrected chi connectivity index (χ1v) is 9.70. The maximum atomic E-state index is 13.1. The Hall–Kier alpha value is -2.43. The predicted molar refractivity (Wildman–Crippen MR) is 108 cm³/mol. The summed E-state index contributed by atoms with van der Waals surface area (Å²) in [5.74, 6) is 0.354. The molecule has 5 nitrogen and oxygen atoms in total. The van der Waals surface area contributed by atoms with Crippen LogP contribution in [0.2, 0.25) is 0 Å². The molecule has 2 N–H and O–H groups in total. The van der Waals surface area contributed by atoms with Gasteiger partial charge in [-0.3, -0.25) is 14.6 Å². The lowest BCUT2D eigenvalue weighted by atomic mass is 9.70. The van der Waals surface area contributed by atoms with Gasteiger partial charge < -0.3 is 10.6 Å². The molecule has 1 atom stereocenters. The number of benzene rings is 1. The molecule has 1 aliphatic carbocycles. The van der Waals surface area contributed by atoms with E-state index in [0.717, 1.165) is 47.0 Å². The normalized spacial score (nSPS) is 16.7. The Bertz CT molecular complexity index is 868. The number of amides is 2. The van der Waals surface area contributed by atoms with E-state index in [-0.39, 0.29) is 17.2 Å². The predicted octanol–water partition coefficient (Wildman–Crippen LogP) is 3.25. The van der Waals surface area contributed by atoms with Crippen molar-refractivity contribution in [1.82, 2.24) is 15.6 Å². The van der Waals surface area contributed by atoms with Crippen LogP contribution in [0.1, 0.15) is 55.7 Å². The van der Waals surface area contributed by atoms with Gasteiger partial charge in [0.05, 0.1) is 11.1 Å². The van der Waals surface area contributed by atoms with Crippen molar-refractivity contribution in [3.05, 3.63) is 41.1 Å². The number of aryl methyl sites for hydroxylation is 1. The van der Waals surface area contributed by atoms with Crippen molar-refractivity contribution in [3.8, 4) is 0 Å². The van der Waals surface area contributed by atoms with Crippen LogP contribution in [0.25, 0.3) is 10.9 Å². The molecule has 0 fully saturated rings. The first kappa shape index (κ1) is 19.3. The maximum Gasteiger partial charge on any atom is 0.252 e. The second kappa shape index (κ2) is 7.67. The lowest BCUT2D eigenvalue weighted by Gasteiger charge is -2.35. The van der Waals surface area contributed by atoms with Gasteiger partial charge in [0.25, 0.3) is 5.91 Å². The molecule has 2 aromatic rings. The molecule has 0 radical (unpaired) electrons. The van der Waals surface area contributed by atoms with Crippen molar-refractivity contribution in [2.45, 2.75) is 47.0 Å². The molecule has 0 bridgehead atoms. The fraction of sp³-hybridized carbons (Fsp3) is 0.500. The van der Waals surface area contributed by atoms with Gasteiger partial charge in [0.15, 0.2) is 0 Å². The van der Waals surface area contributed by atoms with Gasteiger partial charge in [-0.2, -0.15) is 0 Å². The largest absolute Gasteiger partial charge is 0.355 e. The van der Waals surface area contributed by atoms with Gasteiger partial charge in [0, 0.05) is 31.1 Å². The number of hydrogen-bond donors (Lipinski definition) is 2. The van der Waals surface area contributed by atoms with Crippen LogP contribution in [0.3, 0.4) is 0 Å². The van der Waals surface area contributed by atoms with Gasteiger partial charge in [-0.1, -0.05) is 39.0 Å². The van der Waals surface area contributed by atoms with Crippen molar-refractivity contribution in [2.24, 2.45) is 11.3 Å². The molecule has 1 aromatic carbocycles. The average molecular weight is 367 g/mol. The number of carbonyl (C=O) groups excluding carboxylic acids is 2. The highest BCUT2D eigenvalue weighted by Crippen LogP contribution is 2.39. The van der Waals surface area contributed by atoms with Gasteiger partial charge in [-0.15, -0.1) is 0 Å². The molecule has 1 heterocycles. The van der Waals surface area contributed by atoms with E-state index in [1.165, 1.54) is 6.92 Å². The van der Waals surface area contributed by atoms with Crippen LogP contribution in [0, 0.1) is 11.3 Å². The summed E-state index contributed by atoms with van der Waals surface area (Å²) in [6.07, 6.45) is 2.89. The van der Waals surface area contributed by atoms with Crippen LogP contribution in [0.15, 0.2) is 24.3 Å². The van der Waals surface area contributed by atoms with Crippen molar-refractivity contribution in [3.63, 3.8) is 0 Å². The number of nitrogens with zero attached hydrogens (tertiary/aromatic N) is 1. The molecule has 144 valence electrons. The zero-order chi connectivity index (χ0) is 19.6.